The molecule has 5 nitrogen and oxygen atoms in total. The molecule has 3 aromatic rings. The molecule has 8 heteroatoms. The quantitative estimate of drug-likeness (QED) is 0.403. The molecule has 2 atom stereocenters. The van der Waals surface area contributed by atoms with Gasteiger partial charge in [0.1, 0.15) is 11.5 Å². The number of hydrogen-bond acceptors (Lipinski definition) is 4. The van der Waals surface area contributed by atoms with E-state index < -0.39 is 11.7 Å². The molecule has 196 valence electrons. The van der Waals surface area contributed by atoms with Gasteiger partial charge in [0, 0.05) is 31.7 Å². The molecule has 1 N–H and O–H groups in total. The fraction of sp³-hybridized carbons (Fsp3) is 0.345. The minimum atomic E-state index is -4.42. The molecule has 0 saturated carbocycles. The minimum absolute atomic E-state index is 0.0500. The zero-order valence-electron chi connectivity index (χ0n) is 20.9. The van der Waals surface area contributed by atoms with E-state index in [1.165, 1.54) is 11.6 Å². The molecule has 1 aliphatic rings. The highest BCUT2D eigenvalue weighted by Crippen LogP contribution is 2.36. The Morgan fingerprint density at radius 3 is 2.27 bits per heavy atom. The first kappa shape index (κ1) is 26.5. The van der Waals surface area contributed by atoms with Crippen LogP contribution < -0.4 is 14.8 Å². The fourth-order valence-corrected chi connectivity index (χ4v) is 4.87. The second kappa shape index (κ2) is 11.7. The van der Waals surface area contributed by atoms with Gasteiger partial charge in [-0.25, -0.2) is 0 Å². The number of likely N-dealkylation sites (tertiary alicyclic amines) is 1. The number of nitrogens with zero attached hydrogens (tertiary/aromatic N) is 1. The first-order chi connectivity index (χ1) is 17.8. The summed E-state index contributed by atoms with van der Waals surface area (Å²) in [6, 6.07) is 21.1. The molecule has 0 spiro atoms. The van der Waals surface area contributed by atoms with Crippen LogP contribution >= 0.6 is 0 Å². The maximum Gasteiger partial charge on any atom is 0.416 e. The molecule has 0 bridgehead atoms. The van der Waals surface area contributed by atoms with Crippen LogP contribution in [0.2, 0.25) is 0 Å². The predicted octanol–water partition coefficient (Wildman–Crippen LogP) is 5.99. The Kier molecular flexibility index (Phi) is 8.38. The van der Waals surface area contributed by atoms with Crippen molar-refractivity contribution >= 4 is 5.91 Å². The highest BCUT2D eigenvalue weighted by molar-refractivity contribution is 5.79. The lowest BCUT2D eigenvalue weighted by Gasteiger charge is -2.39. The van der Waals surface area contributed by atoms with Gasteiger partial charge in [-0.05, 0) is 53.8 Å². The first-order valence-corrected chi connectivity index (χ1v) is 12.2. The number of rotatable bonds is 8. The van der Waals surface area contributed by atoms with Crippen LogP contribution in [0, 0.1) is 5.92 Å². The van der Waals surface area contributed by atoms with Gasteiger partial charge in [-0.2, -0.15) is 13.2 Å². The van der Waals surface area contributed by atoms with Crippen LogP contribution in [0.4, 0.5) is 13.2 Å². The Morgan fingerprint density at radius 2 is 1.62 bits per heavy atom. The molecular formula is C29H31F3N2O3. The third-order valence-electron chi connectivity index (χ3n) is 6.76. The third kappa shape index (κ3) is 6.83. The molecule has 3 aromatic carbocycles. The average Bonchev–Trinajstić information content (AvgIpc) is 2.91. The Bertz CT molecular complexity index is 1180. The van der Waals surface area contributed by atoms with E-state index in [4.69, 9.17) is 9.47 Å². The highest BCUT2D eigenvalue weighted by Gasteiger charge is 2.33. The molecule has 0 aromatic heterocycles. The van der Waals surface area contributed by atoms with Crippen LogP contribution in [0.3, 0.4) is 0 Å². The molecule has 1 aliphatic heterocycles. The topological polar surface area (TPSA) is 50.8 Å². The molecule has 0 aliphatic carbocycles. The normalized spacial score (nSPS) is 18.3. The smallest absolute Gasteiger partial charge is 0.416 e. The molecule has 1 fully saturated rings. The summed E-state index contributed by atoms with van der Waals surface area (Å²) in [4.78, 5) is 15.4. The number of hydrogen-bond donors (Lipinski definition) is 1. The largest absolute Gasteiger partial charge is 0.497 e. The Balaban J connectivity index is 1.49. The van der Waals surface area contributed by atoms with E-state index in [-0.39, 0.29) is 24.4 Å². The van der Waals surface area contributed by atoms with Gasteiger partial charge in [-0.15, -0.1) is 0 Å². The summed E-state index contributed by atoms with van der Waals surface area (Å²) in [6.45, 7) is 1.16. The van der Waals surface area contributed by atoms with Gasteiger partial charge in [0.05, 0.1) is 25.7 Å². The van der Waals surface area contributed by atoms with Crippen LogP contribution in [-0.4, -0.2) is 31.6 Å². The van der Waals surface area contributed by atoms with Gasteiger partial charge in [0.2, 0.25) is 5.91 Å². The van der Waals surface area contributed by atoms with E-state index in [0.717, 1.165) is 24.1 Å². The van der Waals surface area contributed by atoms with Crippen molar-refractivity contribution in [2.24, 2.45) is 5.92 Å². The molecule has 37 heavy (non-hydrogen) atoms. The number of nitrogens with one attached hydrogen (secondary N) is 1. The summed E-state index contributed by atoms with van der Waals surface area (Å²) in [5.41, 5.74) is 1.88. The van der Waals surface area contributed by atoms with E-state index in [2.05, 4.69) is 22.3 Å². The molecule has 4 rings (SSSR count). The lowest BCUT2D eigenvalue weighted by atomic mass is 9.88. The number of alkyl halides is 3. The highest BCUT2D eigenvalue weighted by atomic mass is 19.4. The van der Waals surface area contributed by atoms with Gasteiger partial charge in [0.25, 0.3) is 0 Å². The van der Waals surface area contributed by atoms with Crippen molar-refractivity contribution in [2.45, 2.75) is 38.1 Å². The zero-order chi connectivity index (χ0) is 26.4. The Morgan fingerprint density at radius 1 is 0.919 bits per heavy atom. The maximum atomic E-state index is 13.1. The third-order valence-corrected chi connectivity index (χ3v) is 6.76. The van der Waals surface area contributed by atoms with Crippen LogP contribution in [-0.2, 0) is 24.1 Å². The number of carbonyl (C=O) groups excluding carboxylic acids is 1. The van der Waals surface area contributed by atoms with Crippen LogP contribution in [0.15, 0.2) is 72.8 Å². The van der Waals surface area contributed by atoms with Crippen molar-refractivity contribution in [2.75, 3.05) is 20.8 Å². The maximum absolute atomic E-state index is 13.1. The number of ether oxygens (including phenoxy) is 2. The number of piperidine rings is 1. The summed E-state index contributed by atoms with van der Waals surface area (Å²) in [7, 11) is 3.22. The zero-order valence-corrected chi connectivity index (χ0v) is 20.9. The summed E-state index contributed by atoms with van der Waals surface area (Å²) in [6.07, 6.45) is -2.95. The number of benzene rings is 3. The van der Waals surface area contributed by atoms with Crippen LogP contribution in [0.1, 0.15) is 41.1 Å². The van der Waals surface area contributed by atoms with Crippen LogP contribution in [0.25, 0.3) is 0 Å². The summed E-state index contributed by atoms with van der Waals surface area (Å²) in [5, 5.41) is 2.85. The number of carbonyl (C=O) groups is 1. The van der Waals surface area contributed by atoms with Crippen molar-refractivity contribution in [3.8, 4) is 11.5 Å². The first-order valence-electron chi connectivity index (χ1n) is 12.2. The monoisotopic (exact) mass is 512 g/mol. The molecule has 1 heterocycles. The van der Waals surface area contributed by atoms with E-state index in [0.29, 0.717) is 36.6 Å². The van der Waals surface area contributed by atoms with Gasteiger partial charge >= 0.3 is 6.18 Å². The van der Waals surface area contributed by atoms with Gasteiger partial charge in [-0.1, -0.05) is 42.5 Å². The number of halogens is 3. The SMILES string of the molecule is COc1cc(CN2C[C@@H](C(=O)NCc3cccc(C(F)(F)F)c3)CC[C@@H]2c2ccccc2)cc(OC)c1. The molecular weight excluding hydrogens is 481 g/mol. The van der Waals surface area contributed by atoms with Crippen molar-refractivity contribution in [1.29, 1.82) is 0 Å². The number of amides is 1. The van der Waals surface area contributed by atoms with Crippen LogP contribution in [0.5, 0.6) is 11.5 Å². The van der Waals surface area contributed by atoms with Gasteiger partial charge in [0.15, 0.2) is 0 Å². The molecule has 0 unspecified atom stereocenters. The molecule has 1 amide bonds. The van der Waals surface area contributed by atoms with Crippen molar-refractivity contribution in [3.05, 3.63) is 95.1 Å². The Hall–Kier alpha value is -3.52. The predicted molar refractivity (Wildman–Crippen MR) is 135 cm³/mol. The molecule has 1 saturated heterocycles. The summed E-state index contributed by atoms with van der Waals surface area (Å²) < 4.78 is 50.0. The van der Waals surface area contributed by atoms with Crippen molar-refractivity contribution in [1.82, 2.24) is 10.2 Å². The molecule has 0 radical (unpaired) electrons. The number of methoxy groups -OCH3 is 2. The van der Waals surface area contributed by atoms with Gasteiger partial charge < -0.3 is 14.8 Å². The van der Waals surface area contributed by atoms with E-state index >= 15 is 0 Å². The van der Waals surface area contributed by atoms with Gasteiger partial charge in [-0.3, -0.25) is 9.69 Å². The fourth-order valence-electron chi connectivity index (χ4n) is 4.87. The standard InChI is InChI=1S/C29H31F3N2O3/c1-36-25-14-21(15-26(16-25)37-2)18-34-19-23(11-12-27(34)22-8-4-3-5-9-22)28(35)33-17-20-7-6-10-24(13-20)29(30,31)32/h3-10,13-16,23,27H,11-12,17-19H2,1-2H3,(H,33,35)/t23-,27+/m0/s1. The van der Waals surface area contributed by atoms with E-state index in [1.54, 1.807) is 20.3 Å². The van der Waals surface area contributed by atoms with Crippen molar-refractivity contribution < 1.29 is 27.4 Å². The summed E-state index contributed by atoms with van der Waals surface area (Å²) in [5.74, 6) is 0.950. The lowest BCUT2D eigenvalue weighted by molar-refractivity contribution is -0.137. The minimum Gasteiger partial charge on any atom is -0.497 e. The summed E-state index contributed by atoms with van der Waals surface area (Å²) >= 11 is 0. The average molecular weight is 513 g/mol. The van der Waals surface area contributed by atoms with E-state index in [9.17, 15) is 18.0 Å². The van der Waals surface area contributed by atoms with E-state index in [1.807, 2.05) is 36.4 Å². The lowest BCUT2D eigenvalue weighted by Crippen LogP contribution is -2.44. The second-order valence-electron chi connectivity index (χ2n) is 9.27. The van der Waals surface area contributed by atoms with Crippen molar-refractivity contribution in [3.63, 3.8) is 0 Å². The second-order valence-corrected chi connectivity index (χ2v) is 9.27. The Labute approximate surface area is 215 Å².